The first kappa shape index (κ1) is 12.9. The average molecular weight is 281 g/mol. The van der Waals surface area contributed by atoms with E-state index in [0.29, 0.717) is 26.9 Å². The summed E-state index contributed by atoms with van der Waals surface area (Å²) in [6, 6.07) is 11.7. The van der Waals surface area contributed by atoms with Crippen molar-refractivity contribution >= 4 is 29.0 Å². The Morgan fingerprint density at radius 2 is 1.61 bits per heavy atom. The Balaban J connectivity index is 2.34. The number of hydrogen-bond acceptors (Lipinski definition) is 2. The van der Waals surface area contributed by atoms with Crippen LogP contribution in [0.2, 0.25) is 10.0 Å². The second-order valence-electron chi connectivity index (χ2n) is 3.69. The SMILES string of the molecule is COc1ccc(C(=O)c2ccc(Cl)cc2)cc1Cl. The second-order valence-corrected chi connectivity index (χ2v) is 4.53. The summed E-state index contributed by atoms with van der Waals surface area (Å²) in [6.45, 7) is 0. The third-order valence-electron chi connectivity index (χ3n) is 2.52. The maximum Gasteiger partial charge on any atom is 0.193 e. The smallest absolute Gasteiger partial charge is 0.193 e. The minimum atomic E-state index is -0.101. The number of halogens is 2. The Labute approximate surface area is 115 Å². The van der Waals surface area contributed by atoms with Gasteiger partial charge in [0.05, 0.1) is 12.1 Å². The quantitative estimate of drug-likeness (QED) is 0.787. The van der Waals surface area contributed by atoms with Crippen molar-refractivity contribution in [1.29, 1.82) is 0 Å². The zero-order valence-corrected chi connectivity index (χ0v) is 11.1. The third kappa shape index (κ3) is 2.66. The van der Waals surface area contributed by atoms with E-state index in [9.17, 15) is 4.79 Å². The van der Waals surface area contributed by atoms with Crippen LogP contribution in [0.5, 0.6) is 5.75 Å². The molecule has 0 aromatic heterocycles. The van der Waals surface area contributed by atoms with E-state index < -0.39 is 0 Å². The highest BCUT2D eigenvalue weighted by Gasteiger charge is 2.11. The van der Waals surface area contributed by atoms with E-state index in [1.54, 1.807) is 42.5 Å². The van der Waals surface area contributed by atoms with Crippen LogP contribution >= 0.6 is 23.2 Å². The number of carbonyl (C=O) groups excluding carboxylic acids is 1. The summed E-state index contributed by atoms with van der Waals surface area (Å²) in [6.07, 6.45) is 0. The van der Waals surface area contributed by atoms with Gasteiger partial charge in [0.1, 0.15) is 5.75 Å². The molecule has 0 saturated carbocycles. The highest BCUT2D eigenvalue weighted by atomic mass is 35.5. The number of ketones is 1. The van der Waals surface area contributed by atoms with E-state index in [4.69, 9.17) is 27.9 Å². The summed E-state index contributed by atoms with van der Waals surface area (Å²) in [4.78, 5) is 12.2. The van der Waals surface area contributed by atoms with Crippen LogP contribution in [-0.2, 0) is 0 Å². The van der Waals surface area contributed by atoms with Crippen molar-refractivity contribution in [2.24, 2.45) is 0 Å². The zero-order chi connectivity index (χ0) is 13.1. The van der Waals surface area contributed by atoms with Crippen molar-refractivity contribution in [1.82, 2.24) is 0 Å². The Bertz CT molecular complexity index is 577. The Hall–Kier alpha value is -1.51. The van der Waals surface area contributed by atoms with Crippen molar-refractivity contribution in [3.63, 3.8) is 0 Å². The van der Waals surface area contributed by atoms with E-state index in [1.165, 1.54) is 7.11 Å². The highest BCUT2D eigenvalue weighted by molar-refractivity contribution is 6.32. The van der Waals surface area contributed by atoms with Crippen molar-refractivity contribution in [3.8, 4) is 5.75 Å². The predicted molar refractivity (Wildman–Crippen MR) is 72.9 cm³/mol. The first-order valence-corrected chi connectivity index (χ1v) is 6.01. The molecule has 0 unspecified atom stereocenters. The fourth-order valence-electron chi connectivity index (χ4n) is 1.58. The molecular formula is C14H10Cl2O2. The van der Waals surface area contributed by atoms with Crippen LogP contribution in [0.1, 0.15) is 15.9 Å². The first-order valence-electron chi connectivity index (χ1n) is 5.25. The number of rotatable bonds is 3. The van der Waals surface area contributed by atoms with Crippen molar-refractivity contribution < 1.29 is 9.53 Å². The monoisotopic (exact) mass is 280 g/mol. The molecule has 0 amide bonds. The van der Waals surface area contributed by atoms with Crippen LogP contribution < -0.4 is 4.74 Å². The topological polar surface area (TPSA) is 26.3 Å². The predicted octanol–water partition coefficient (Wildman–Crippen LogP) is 4.23. The molecule has 18 heavy (non-hydrogen) atoms. The normalized spacial score (nSPS) is 10.2. The largest absolute Gasteiger partial charge is 0.495 e. The van der Waals surface area contributed by atoms with E-state index >= 15 is 0 Å². The maximum absolute atomic E-state index is 12.2. The molecule has 0 heterocycles. The number of benzene rings is 2. The lowest BCUT2D eigenvalue weighted by atomic mass is 10.0. The molecule has 0 N–H and O–H groups in total. The number of methoxy groups -OCH3 is 1. The van der Waals surface area contributed by atoms with Crippen molar-refractivity contribution in [2.45, 2.75) is 0 Å². The van der Waals surface area contributed by atoms with Gasteiger partial charge < -0.3 is 4.74 Å². The van der Waals surface area contributed by atoms with Gasteiger partial charge >= 0.3 is 0 Å². The van der Waals surface area contributed by atoms with Gasteiger partial charge in [0, 0.05) is 16.1 Å². The molecule has 2 aromatic rings. The fourth-order valence-corrected chi connectivity index (χ4v) is 1.96. The Kier molecular flexibility index (Phi) is 3.90. The minimum Gasteiger partial charge on any atom is -0.495 e. The highest BCUT2D eigenvalue weighted by Crippen LogP contribution is 2.26. The van der Waals surface area contributed by atoms with Gasteiger partial charge in [0.2, 0.25) is 0 Å². The molecule has 2 aromatic carbocycles. The Morgan fingerprint density at radius 1 is 1.00 bits per heavy atom. The molecule has 92 valence electrons. The van der Waals surface area contributed by atoms with Crippen LogP contribution in [0.25, 0.3) is 0 Å². The average Bonchev–Trinajstić information content (AvgIpc) is 2.38. The number of ether oxygens (including phenoxy) is 1. The fraction of sp³-hybridized carbons (Fsp3) is 0.0714. The van der Waals surface area contributed by atoms with Gasteiger partial charge in [-0.1, -0.05) is 23.2 Å². The Morgan fingerprint density at radius 3 is 2.17 bits per heavy atom. The number of hydrogen-bond donors (Lipinski definition) is 0. The van der Waals surface area contributed by atoms with Gasteiger partial charge in [0.25, 0.3) is 0 Å². The summed E-state index contributed by atoms with van der Waals surface area (Å²) >= 11 is 11.8. The van der Waals surface area contributed by atoms with Crippen LogP contribution in [-0.4, -0.2) is 12.9 Å². The second kappa shape index (κ2) is 5.42. The molecule has 0 aliphatic heterocycles. The standard InChI is InChI=1S/C14H10Cl2O2/c1-18-13-7-4-10(8-12(13)16)14(17)9-2-5-11(15)6-3-9/h2-8H,1H3. The first-order chi connectivity index (χ1) is 8.61. The molecule has 0 spiro atoms. The minimum absolute atomic E-state index is 0.101. The molecule has 0 bridgehead atoms. The van der Waals surface area contributed by atoms with Gasteiger partial charge in [-0.3, -0.25) is 4.79 Å². The summed E-state index contributed by atoms with van der Waals surface area (Å²) in [7, 11) is 1.53. The maximum atomic E-state index is 12.2. The molecule has 2 nitrogen and oxygen atoms in total. The molecule has 0 atom stereocenters. The van der Waals surface area contributed by atoms with E-state index in [0.717, 1.165) is 0 Å². The van der Waals surface area contributed by atoms with Gasteiger partial charge in [-0.25, -0.2) is 0 Å². The summed E-state index contributed by atoms with van der Waals surface area (Å²) < 4.78 is 5.04. The molecular weight excluding hydrogens is 271 g/mol. The lowest BCUT2D eigenvalue weighted by Gasteiger charge is -2.05. The molecule has 4 heteroatoms. The lowest BCUT2D eigenvalue weighted by Crippen LogP contribution is -2.01. The van der Waals surface area contributed by atoms with Crippen LogP contribution in [0.3, 0.4) is 0 Å². The van der Waals surface area contributed by atoms with Crippen LogP contribution in [0.4, 0.5) is 0 Å². The van der Waals surface area contributed by atoms with Gasteiger partial charge in [-0.15, -0.1) is 0 Å². The zero-order valence-electron chi connectivity index (χ0n) is 9.61. The summed E-state index contributed by atoms with van der Waals surface area (Å²) in [5, 5.41) is 1.01. The van der Waals surface area contributed by atoms with Crippen molar-refractivity contribution in [2.75, 3.05) is 7.11 Å². The van der Waals surface area contributed by atoms with Gasteiger partial charge in [-0.05, 0) is 42.5 Å². The van der Waals surface area contributed by atoms with E-state index in [-0.39, 0.29) is 5.78 Å². The molecule has 0 aliphatic rings. The van der Waals surface area contributed by atoms with Crippen LogP contribution in [0.15, 0.2) is 42.5 Å². The molecule has 2 rings (SSSR count). The lowest BCUT2D eigenvalue weighted by molar-refractivity contribution is 0.103. The van der Waals surface area contributed by atoms with E-state index in [1.807, 2.05) is 0 Å². The van der Waals surface area contributed by atoms with Crippen LogP contribution in [0, 0.1) is 0 Å². The van der Waals surface area contributed by atoms with E-state index in [2.05, 4.69) is 0 Å². The molecule has 0 fully saturated rings. The van der Waals surface area contributed by atoms with Gasteiger partial charge in [-0.2, -0.15) is 0 Å². The number of carbonyl (C=O) groups is 1. The molecule has 0 saturated heterocycles. The third-order valence-corrected chi connectivity index (χ3v) is 3.07. The van der Waals surface area contributed by atoms with Gasteiger partial charge in [0.15, 0.2) is 5.78 Å². The summed E-state index contributed by atoms with van der Waals surface area (Å²) in [5.41, 5.74) is 1.09. The summed E-state index contributed by atoms with van der Waals surface area (Å²) in [5.74, 6) is 0.445. The molecule has 0 aliphatic carbocycles. The molecule has 0 radical (unpaired) electrons. The van der Waals surface area contributed by atoms with Crippen molar-refractivity contribution in [3.05, 3.63) is 63.6 Å².